The van der Waals surface area contributed by atoms with Crippen molar-refractivity contribution in [1.29, 1.82) is 0 Å². The summed E-state index contributed by atoms with van der Waals surface area (Å²) in [6.45, 7) is 0. The van der Waals surface area contributed by atoms with Crippen molar-refractivity contribution >= 4 is 21.6 Å². The van der Waals surface area contributed by atoms with Crippen LogP contribution in [-0.4, -0.2) is 22.6 Å². The number of rotatable bonds is 6. The highest BCUT2D eigenvalue weighted by atomic mass is 35.5. The number of hydrogen-bond acceptors (Lipinski definition) is 4. The average Bonchev–Trinajstić information content (AvgIpc) is 2.69. The quantitative estimate of drug-likeness (QED) is 0.594. The molecule has 0 aromatic heterocycles. The number of hydrogen-bond donors (Lipinski definition) is 1. The Kier molecular flexibility index (Phi) is 6.30. The molecule has 0 saturated carbocycles. The molecule has 9 heteroatoms. The predicted molar refractivity (Wildman–Crippen MR) is 111 cm³/mol. The van der Waals surface area contributed by atoms with E-state index >= 15 is 0 Å². The standard InChI is InChI=1S/C21H18ClF2NO4S/c1-28-18-8-9-19(30(25,26)27)20(21(18)29-2)14-7-6-13(22)10-12(14)11-15-16(23)4-3-5-17(15)24/h3-10H,11H2,1-2H3,(H2,25,26,27). The van der Waals surface area contributed by atoms with Crippen molar-refractivity contribution in [1.82, 2.24) is 0 Å². The smallest absolute Gasteiger partial charge is 0.238 e. The first kappa shape index (κ1) is 22.0. The Morgan fingerprint density at radius 3 is 2.23 bits per heavy atom. The number of nitrogens with two attached hydrogens (primary N) is 1. The summed E-state index contributed by atoms with van der Waals surface area (Å²) in [4.78, 5) is -0.224. The Bertz CT molecular complexity index is 1200. The fourth-order valence-corrected chi connectivity index (χ4v) is 4.18. The van der Waals surface area contributed by atoms with Gasteiger partial charge in [0.05, 0.1) is 19.1 Å². The van der Waals surface area contributed by atoms with Crippen LogP contribution in [0.5, 0.6) is 11.5 Å². The van der Waals surface area contributed by atoms with E-state index in [2.05, 4.69) is 0 Å². The van der Waals surface area contributed by atoms with Crippen LogP contribution >= 0.6 is 11.6 Å². The van der Waals surface area contributed by atoms with E-state index in [0.717, 1.165) is 12.1 Å². The van der Waals surface area contributed by atoms with Crippen molar-refractivity contribution in [3.05, 3.63) is 76.3 Å². The molecule has 3 aromatic carbocycles. The monoisotopic (exact) mass is 453 g/mol. The number of ether oxygens (including phenoxy) is 2. The highest BCUT2D eigenvalue weighted by Gasteiger charge is 2.25. The van der Waals surface area contributed by atoms with Crippen molar-refractivity contribution in [3.63, 3.8) is 0 Å². The lowest BCUT2D eigenvalue weighted by atomic mass is 9.93. The molecule has 0 unspecified atom stereocenters. The largest absolute Gasteiger partial charge is 0.493 e. The Morgan fingerprint density at radius 1 is 1.00 bits per heavy atom. The third kappa shape index (κ3) is 4.26. The first-order valence-corrected chi connectivity index (χ1v) is 10.6. The van der Waals surface area contributed by atoms with Gasteiger partial charge in [0.25, 0.3) is 0 Å². The number of benzene rings is 3. The molecule has 3 rings (SSSR count). The third-order valence-electron chi connectivity index (χ3n) is 4.58. The summed E-state index contributed by atoms with van der Waals surface area (Å²) in [7, 11) is -1.43. The molecule has 0 atom stereocenters. The summed E-state index contributed by atoms with van der Waals surface area (Å²) < 4.78 is 63.8. The highest BCUT2D eigenvalue weighted by Crippen LogP contribution is 2.44. The molecule has 0 aliphatic heterocycles. The minimum atomic E-state index is -4.17. The Hall–Kier alpha value is -2.68. The third-order valence-corrected chi connectivity index (χ3v) is 5.77. The second-order valence-corrected chi connectivity index (χ2v) is 8.36. The fourth-order valence-electron chi connectivity index (χ4n) is 3.25. The van der Waals surface area contributed by atoms with E-state index in [1.165, 1.54) is 44.6 Å². The van der Waals surface area contributed by atoms with Crippen molar-refractivity contribution < 1.29 is 26.7 Å². The van der Waals surface area contributed by atoms with Gasteiger partial charge in [0, 0.05) is 22.6 Å². The van der Waals surface area contributed by atoms with Crippen molar-refractivity contribution in [3.8, 4) is 22.6 Å². The molecule has 0 radical (unpaired) electrons. The van der Waals surface area contributed by atoms with Crippen LogP contribution < -0.4 is 14.6 Å². The van der Waals surface area contributed by atoms with E-state index in [0.29, 0.717) is 16.1 Å². The van der Waals surface area contributed by atoms with Gasteiger partial charge in [-0.3, -0.25) is 0 Å². The molecule has 0 saturated heterocycles. The van der Waals surface area contributed by atoms with Crippen LogP contribution in [0.2, 0.25) is 5.02 Å². The van der Waals surface area contributed by atoms with Gasteiger partial charge in [-0.25, -0.2) is 22.3 Å². The minimum absolute atomic E-state index is 0.113. The van der Waals surface area contributed by atoms with Crippen molar-refractivity contribution in [2.24, 2.45) is 5.14 Å². The summed E-state index contributed by atoms with van der Waals surface area (Å²) in [5, 5.41) is 5.73. The van der Waals surface area contributed by atoms with Gasteiger partial charge < -0.3 is 9.47 Å². The molecule has 0 aliphatic rings. The molecule has 0 fully saturated rings. The minimum Gasteiger partial charge on any atom is -0.493 e. The Labute approximate surface area is 178 Å². The Balaban J connectivity index is 2.35. The zero-order chi connectivity index (χ0) is 22.1. The van der Waals surface area contributed by atoms with Crippen LogP contribution in [0, 0.1) is 11.6 Å². The second kappa shape index (κ2) is 8.59. The normalized spacial score (nSPS) is 11.4. The topological polar surface area (TPSA) is 78.6 Å². The second-order valence-electron chi connectivity index (χ2n) is 6.40. The van der Waals surface area contributed by atoms with Gasteiger partial charge >= 0.3 is 0 Å². The molecule has 5 nitrogen and oxygen atoms in total. The molecule has 30 heavy (non-hydrogen) atoms. The molecule has 3 aromatic rings. The molecule has 0 spiro atoms. The molecule has 0 bridgehead atoms. The number of primary sulfonamides is 1. The maximum absolute atomic E-state index is 14.3. The van der Waals surface area contributed by atoms with Gasteiger partial charge in [-0.15, -0.1) is 0 Å². The van der Waals surface area contributed by atoms with Crippen molar-refractivity contribution in [2.75, 3.05) is 14.2 Å². The van der Waals surface area contributed by atoms with Gasteiger partial charge in [-0.1, -0.05) is 23.7 Å². The van der Waals surface area contributed by atoms with Crippen LogP contribution in [0.25, 0.3) is 11.1 Å². The molecule has 158 valence electrons. The van der Waals surface area contributed by atoms with Crippen LogP contribution in [0.3, 0.4) is 0 Å². The van der Waals surface area contributed by atoms with E-state index in [1.54, 1.807) is 6.07 Å². The molecule has 2 N–H and O–H groups in total. The SMILES string of the molecule is COc1ccc(S(N)(=O)=O)c(-c2ccc(Cl)cc2Cc2c(F)cccc2F)c1OC. The van der Waals surface area contributed by atoms with Crippen LogP contribution in [0.1, 0.15) is 11.1 Å². The van der Waals surface area contributed by atoms with Gasteiger partial charge in [0.15, 0.2) is 11.5 Å². The maximum Gasteiger partial charge on any atom is 0.238 e. The van der Waals surface area contributed by atoms with Crippen LogP contribution in [0.4, 0.5) is 8.78 Å². The van der Waals surface area contributed by atoms with E-state index in [9.17, 15) is 17.2 Å². The van der Waals surface area contributed by atoms with E-state index in [-0.39, 0.29) is 33.9 Å². The van der Waals surface area contributed by atoms with Gasteiger partial charge in [0.2, 0.25) is 10.0 Å². The lowest BCUT2D eigenvalue weighted by molar-refractivity contribution is 0.355. The summed E-state index contributed by atoms with van der Waals surface area (Å²) in [5.41, 5.74) is 0.646. The van der Waals surface area contributed by atoms with Gasteiger partial charge in [-0.2, -0.15) is 0 Å². The molecule has 0 aliphatic carbocycles. The Morgan fingerprint density at radius 2 is 1.67 bits per heavy atom. The summed E-state index contributed by atoms with van der Waals surface area (Å²) in [6.07, 6.45) is -0.182. The highest BCUT2D eigenvalue weighted by molar-refractivity contribution is 7.89. The first-order valence-electron chi connectivity index (χ1n) is 8.66. The summed E-state index contributed by atoms with van der Waals surface area (Å²) >= 11 is 6.13. The summed E-state index contributed by atoms with van der Waals surface area (Å²) in [5.74, 6) is -1.09. The van der Waals surface area contributed by atoms with Crippen molar-refractivity contribution in [2.45, 2.75) is 11.3 Å². The maximum atomic E-state index is 14.3. The average molecular weight is 454 g/mol. The lowest BCUT2D eigenvalue weighted by Gasteiger charge is -2.19. The first-order chi connectivity index (χ1) is 14.2. The van der Waals surface area contributed by atoms with E-state index in [4.69, 9.17) is 26.2 Å². The fraction of sp³-hybridized carbons (Fsp3) is 0.143. The molecular formula is C21H18ClF2NO4S. The number of methoxy groups -OCH3 is 2. The zero-order valence-electron chi connectivity index (χ0n) is 16.1. The molecule has 0 heterocycles. The van der Waals surface area contributed by atoms with Gasteiger partial charge in [-0.05, 0) is 47.5 Å². The molecule has 0 amide bonds. The van der Waals surface area contributed by atoms with E-state index in [1.807, 2.05) is 0 Å². The number of halogens is 3. The zero-order valence-corrected chi connectivity index (χ0v) is 17.7. The van der Waals surface area contributed by atoms with Crippen LogP contribution in [-0.2, 0) is 16.4 Å². The van der Waals surface area contributed by atoms with Crippen LogP contribution in [0.15, 0.2) is 53.4 Å². The molecular weight excluding hydrogens is 436 g/mol. The number of sulfonamides is 1. The lowest BCUT2D eigenvalue weighted by Crippen LogP contribution is -2.14. The van der Waals surface area contributed by atoms with E-state index < -0.39 is 21.7 Å². The van der Waals surface area contributed by atoms with Gasteiger partial charge in [0.1, 0.15) is 11.6 Å². The summed E-state index contributed by atoms with van der Waals surface area (Å²) in [6, 6.07) is 10.8. The predicted octanol–water partition coefficient (Wildman–Crippen LogP) is 4.54.